The van der Waals surface area contributed by atoms with Crippen LogP contribution in [-0.4, -0.2) is 46.0 Å². The number of ether oxygens (including phenoxy) is 3. The fourth-order valence-electron chi connectivity index (χ4n) is 4.18. The number of benzene rings is 3. The van der Waals surface area contributed by atoms with Crippen molar-refractivity contribution < 1.29 is 38.8 Å². The van der Waals surface area contributed by atoms with Crippen molar-refractivity contribution in [1.82, 2.24) is 0 Å². The van der Waals surface area contributed by atoms with Gasteiger partial charge in [0, 0.05) is 35.2 Å². The van der Waals surface area contributed by atoms with E-state index in [4.69, 9.17) is 19.3 Å². The van der Waals surface area contributed by atoms with Gasteiger partial charge in [-0.2, -0.15) is 0 Å². The lowest BCUT2D eigenvalue weighted by molar-refractivity contribution is -0.245. The molecule has 0 unspecified atom stereocenters. The van der Waals surface area contributed by atoms with Gasteiger partial charge in [-0.05, 0) is 54.4 Å². The first-order chi connectivity index (χ1) is 19.2. The Labute approximate surface area is 236 Å². The van der Waals surface area contributed by atoms with Crippen molar-refractivity contribution in [3.05, 3.63) is 95.1 Å². The van der Waals surface area contributed by atoms with Crippen LogP contribution < -0.4 is 5.32 Å². The van der Waals surface area contributed by atoms with Gasteiger partial charge in [0.2, 0.25) is 0 Å². The van der Waals surface area contributed by atoms with Crippen molar-refractivity contribution in [3.8, 4) is 0 Å². The second-order valence-electron chi connectivity index (χ2n) is 9.35. The van der Waals surface area contributed by atoms with Crippen LogP contribution in [-0.2, 0) is 30.4 Å². The molecule has 0 aromatic heterocycles. The van der Waals surface area contributed by atoms with Crippen molar-refractivity contribution in [1.29, 1.82) is 0 Å². The molecule has 1 fully saturated rings. The molecule has 1 saturated heterocycles. The number of rotatable bonds is 10. The highest BCUT2D eigenvalue weighted by molar-refractivity contribution is 7.99. The van der Waals surface area contributed by atoms with Gasteiger partial charge >= 0.3 is 11.9 Å². The number of aliphatic hydroxyl groups excluding tert-OH is 1. The van der Waals surface area contributed by atoms with Gasteiger partial charge in [-0.25, -0.2) is 4.79 Å². The molecule has 0 spiro atoms. The maximum absolute atomic E-state index is 12.3. The number of amides is 1. The third kappa shape index (κ3) is 7.92. The van der Waals surface area contributed by atoms with E-state index in [9.17, 15) is 19.5 Å². The van der Waals surface area contributed by atoms with Gasteiger partial charge in [0.05, 0.1) is 24.4 Å². The largest absolute Gasteiger partial charge is 0.478 e. The highest BCUT2D eigenvalue weighted by Crippen LogP contribution is 2.39. The van der Waals surface area contributed by atoms with Crippen LogP contribution in [0.4, 0.5) is 5.69 Å². The van der Waals surface area contributed by atoms with Crippen LogP contribution in [0.1, 0.15) is 59.7 Å². The van der Waals surface area contributed by atoms with E-state index in [1.54, 1.807) is 48.2 Å². The molecule has 1 amide bonds. The van der Waals surface area contributed by atoms with Crippen molar-refractivity contribution >= 4 is 35.3 Å². The molecule has 1 aliphatic rings. The molecule has 0 saturated carbocycles. The molecule has 1 heterocycles. The molecule has 40 heavy (non-hydrogen) atoms. The number of aliphatic hydroxyl groups is 1. The Morgan fingerprint density at radius 1 is 0.975 bits per heavy atom. The second-order valence-corrected chi connectivity index (χ2v) is 10.4. The summed E-state index contributed by atoms with van der Waals surface area (Å²) in [7, 11) is 0. The number of thioether (sulfide) groups is 1. The fourth-order valence-corrected chi connectivity index (χ4v) is 5.10. The van der Waals surface area contributed by atoms with E-state index in [0.29, 0.717) is 17.9 Å². The molecule has 3 aromatic rings. The molecule has 9 nitrogen and oxygen atoms in total. The third-order valence-corrected chi connectivity index (χ3v) is 7.46. The Morgan fingerprint density at radius 3 is 2.23 bits per heavy atom. The molecule has 0 aliphatic carbocycles. The summed E-state index contributed by atoms with van der Waals surface area (Å²) in [6.45, 7) is 2.71. The topological polar surface area (TPSA) is 131 Å². The highest BCUT2D eigenvalue weighted by atomic mass is 32.2. The van der Waals surface area contributed by atoms with Crippen LogP contribution >= 0.6 is 11.8 Å². The number of carbonyl (C=O) groups is 3. The first kappa shape index (κ1) is 29.3. The summed E-state index contributed by atoms with van der Waals surface area (Å²) >= 11 is 1.57. The van der Waals surface area contributed by atoms with Crippen molar-refractivity contribution in [2.75, 3.05) is 11.1 Å². The van der Waals surface area contributed by atoms with Crippen LogP contribution in [0.25, 0.3) is 0 Å². The number of carboxylic acid groups (broad SMARTS) is 1. The lowest BCUT2D eigenvalue weighted by atomic mass is 10.0. The van der Waals surface area contributed by atoms with Crippen LogP contribution in [0.2, 0.25) is 0 Å². The number of hydrogen-bond acceptors (Lipinski definition) is 8. The zero-order chi connectivity index (χ0) is 28.6. The quantitative estimate of drug-likeness (QED) is 0.227. The summed E-state index contributed by atoms with van der Waals surface area (Å²) < 4.78 is 17.6. The number of carbonyl (C=O) groups excluding carboxylic acids is 2. The Morgan fingerprint density at radius 2 is 1.62 bits per heavy atom. The molecule has 10 heteroatoms. The van der Waals surface area contributed by atoms with Gasteiger partial charge in [0.15, 0.2) is 12.4 Å². The minimum absolute atomic E-state index is 0.0417. The van der Waals surface area contributed by atoms with E-state index in [0.717, 1.165) is 21.6 Å². The summed E-state index contributed by atoms with van der Waals surface area (Å²) in [6.07, 6.45) is -1.40. The Kier molecular flexibility index (Phi) is 9.94. The monoisotopic (exact) mass is 565 g/mol. The molecular weight excluding hydrogens is 534 g/mol. The van der Waals surface area contributed by atoms with E-state index < -0.39 is 30.2 Å². The molecule has 0 radical (unpaired) electrons. The summed E-state index contributed by atoms with van der Waals surface area (Å²) in [5, 5.41) is 21.3. The van der Waals surface area contributed by atoms with E-state index in [2.05, 4.69) is 5.32 Å². The van der Waals surface area contributed by atoms with Crippen LogP contribution in [0.3, 0.4) is 0 Å². The average Bonchev–Trinajstić information content (AvgIpc) is 2.96. The lowest BCUT2D eigenvalue weighted by Crippen LogP contribution is -2.31. The minimum Gasteiger partial charge on any atom is -0.478 e. The molecule has 3 N–H and O–H groups in total. The number of aromatic carboxylic acids is 1. The Balaban J connectivity index is 1.47. The van der Waals surface area contributed by atoms with Gasteiger partial charge in [-0.3, -0.25) is 9.59 Å². The number of hydrogen-bond donors (Lipinski definition) is 3. The van der Waals surface area contributed by atoms with Crippen molar-refractivity contribution in [2.45, 2.75) is 56.4 Å². The number of esters is 1. The molecule has 4 rings (SSSR count). The first-order valence-electron chi connectivity index (χ1n) is 12.8. The smallest absolute Gasteiger partial charge is 0.335 e. The van der Waals surface area contributed by atoms with E-state index in [1.165, 1.54) is 13.8 Å². The number of anilines is 1. The van der Waals surface area contributed by atoms with Gasteiger partial charge in [-0.15, -0.1) is 11.8 Å². The van der Waals surface area contributed by atoms with Gasteiger partial charge in [-0.1, -0.05) is 36.4 Å². The standard InChI is InChI=1S/C30H31NO8S/c1-18(37-19(2)33)28(34)31-24-11-7-23(8-12-24)30-38-25(17-40-26-13-9-22(10-14-26)29(35)36)15-27(39-30)21-5-3-20(16-32)4-6-21/h3-14,18,25,27,30,32H,15-17H2,1-2H3,(H,31,34)(H,35,36)/t18-,25-,27+,30+/m0/s1. The van der Waals surface area contributed by atoms with Crippen LogP contribution in [0.15, 0.2) is 77.7 Å². The normalized spacial score (nSPS) is 19.4. The molecule has 3 aromatic carbocycles. The summed E-state index contributed by atoms with van der Waals surface area (Å²) in [4.78, 5) is 35.5. The molecule has 0 bridgehead atoms. The van der Waals surface area contributed by atoms with Crippen LogP contribution in [0, 0.1) is 0 Å². The van der Waals surface area contributed by atoms with E-state index >= 15 is 0 Å². The predicted octanol–water partition coefficient (Wildman–Crippen LogP) is 5.10. The van der Waals surface area contributed by atoms with Crippen molar-refractivity contribution in [3.63, 3.8) is 0 Å². The molecular formula is C30H31NO8S. The van der Waals surface area contributed by atoms with Crippen molar-refractivity contribution in [2.24, 2.45) is 0 Å². The summed E-state index contributed by atoms with van der Waals surface area (Å²) in [6, 6.07) is 21.4. The molecule has 4 atom stereocenters. The SMILES string of the molecule is CC(=O)O[C@@H](C)C(=O)Nc1ccc([C@@H]2O[C@H](CSc3ccc(C(=O)O)cc3)C[C@H](c3ccc(CO)cc3)O2)cc1. The van der Waals surface area contributed by atoms with E-state index in [-0.39, 0.29) is 24.4 Å². The minimum atomic E-state index is -0.966. The molecule has 210 valence electrons. The zero-order valence-electron chi connectivity index (χ0n) is 22.1. The first-order valence-corrected chi connectivity index (χ1v) is 13.7. The highest BCUT2D eigenvalue weighted by Gasteiger charge is 2.32. The Hall–Kier alpha value is -3.70. The van der Waals surface area contributed by atoms with E-state index in [1.807, 2.05) is 36.4 Å². The fraction of sp³-hybridized carbons (Fsp3) is 0.300. The lowest BCUT2D eigenvalue weighted by Gasteiger charge is -2.36. The van der Waals surface area contributed by atoms with Gasteiger partial charge in [0.1, 0.15) is 0 Å². The zero-order valence-corrected chi connectivity index (χ0v) is 22.9. The van der Waals surface area contributed by atoms with Crippen LogP contribution in [0.5, 0.6) is 0 Å². The summed E-state index contributed by atoms with van der Waals surface area (Å²) in [5.41, 5.74) is 3.32. The number of carboxylic acids is 1. The maximum atomic E-state index is 12.3. The van der Waals surface area contributed by atoms with Gasteiger partial charge < -0.3 is 29.7 Å². The Bertz CT molecular complexity index is 1310. The van der Waals surface area contributed by atoms with Gasteiger partial charge in [0.25, 0.3) is 5.91 Å². The third-order valence-electron chi connectivity index (χ3n) is 6.31. The maximum Gasteiger partial charge on any atom is 0.335 e. The number of nitrogens with one attached hydrogen (secondary N) is 1. The molecule has 1 aliphatic heterocycles. The summed E-state index contributed by atoms with van der Waals surface area (Å²) in [5.74, 6) is -1.31. The predicted molar refractivity (Wildman–Crippen MR) is 149 cm³/mol. The second kappa shape index (κ2) is 13.6. The average molecular weight is 566 g/mol.